The molecule has 0 aliphatic heterocycles. The van der Waals surface area contributed by atoms with Gasteiger partial charge in [-0.3, -0.25) is 0 Å². The van der Waals surface area contributed by atoms with Crippen molar-refractivity contribution in [3.63, 3.8) is 0 Å². The monoisotopic (exact) mass is 272 g/mol. The number of hydrogen-bond donors (Lipinski definition) is 1. The molecule has 0 aliphatic rings. The average molecular weight is 272 g/mol. The van der Waals surface area contributed by atoms with E-state index in [1.807, 2.05) is 48.5 Å². The first kappa shape index (κ1) is 14.4. The fraction of sp³-hybridized carbons (Fsp3) is 0.294. The molecule has 0 fully saturated rings. The molecule has 0 unspecified atom stereocenters. The summed E-state index contributed by atoms with van der Waals surface area (Å²) in [5.74, 6) is 1.77. The van der Waals surface area contributed by atoms with E-state index in [1.54, 1.807) is 14.2 Å². The number of hydrogen-bond acceptors (Lipinski definition) is 3. The summed E-state index contributed by atoms with van der Waals surface area (Å²) in [4.78, 5) is 0. The lowest BCUT2D eigenvalue weighted by molar-refractivity contribution is 0.264. The normalized spacial score (nSPS) is 11.9. The minimum atomic E-state index is 0.0919. The lowest BCUT2D eigenvalue weighted by atomic mass is 9.92. The minimum Gasteiger partial charge on any atom is -0.497 e. The zero-order chi connectivity index (χ0) is 14.4. The van der Waals surface area contributed by atoms with E-state index in [2.05, 4.69) is 0 Å². The second kappa shape index (κ2) is 6.96. The summed E-state index contributed by atoms with van der Waals surface area (Å²) in [7, 11) is 3.30. The molecule has 106 valence electrons. The molecule has 20 heavy (non-hydrogen) atoms. The largest absolute Gasteiger partial charge is 0.497 e. The van der Waals surface area contributed by atoms with E-state index in [0.717, 1.165) is 23.5 Å². The summed E-state index contributed by atoms with van der Waals surface area (Å²) in [6.07, 6.45) is 0.798. The van der Waals surface area contributed by atoms with Gasteiger partial charge in [0.05, 0.1) is 20.8 Å². The minimum absolute atomic E-state index is 0.0919. The molecule has 0 bridgehead atoms. The number of methoxy groups -OCH3 is 2. The summed E-state index contributed by atoms with van der Waals surface area (Å²) < 4.78 is 10.3. The van der Waals surface area contributed by atoms with Crippen LogP contribution >= 0.6 is 0 Å². The van der Waals surface area contributed by atoms with Gasteiger partial charge in [0.15, 0.2) is 0 Å². The zero-order valence-corrected chi connectivity index (χ0v) is 11.9. The number of benzene rings is 2. The Bertz CT molecular complexity index is 517. The van der Waals surface area contributed by atoms with E-state index in [4.69, 9.17) is 9.47 Å². The van der Waals surface area contributed by atoms with Gasteiger partial charge in [0.1, 0.15) is 11.5 Å². The highest BCUT2D eigenvalue weighted by molar-refractivity contribution is 5.32. The number of ether oxygens (including phenoxy) is 2. The van der Waals surface area contributed by atoms with Crippen LogP contribution < -0.4 is 9.47 Å². The van der Waals surface area contributed by atoms with Crippen molar-refractivity contribution in [3.05, 3.63) is 59.7 Å². The molecule has 2 aromatic rings. The highest BCUT2D eigenvalue weighted by Gasteiger charge is 2.11. The van der Waals surface area contributed by atoms with Crippen molar-refractivity contribution >= 4 is 0 Å². The maximum atomic E-state index is 9.61. The molecule has 3 heteroatoms. The molecule has 0 saturated carbocycles. The standard InChI is InChI=1S/C17H20O3/c1-19-16-7-3-13(4-8-16)11-15(12-18)14-5-9-17(20-2)10-6-14/h3-10,15,18H,11-12H2,1-2H3/t15-/m1/s1. The summed E-state index contributed by atoms with van der Waals surface area (Å²) in [5.41, 5.74) is 2.30. The zero-order valence-electron chi connectivity index (χ0n) is 11.9. The third-order valence-electron chi connectivity index (χ3n) is 3.45. The van der Waals surface area contributed by atoms with E-state index in [1.165, 1.54) is 5.56 Å². The molecule has 1 atom stereocenters. The highest BCUT2D eigenvalue weighted by Crippen LogP contribution is 2.24. The Morgan fingerprint density at radius 1 is 0.850 bits per heavy atom. The van der Waals surface area contributed by atoms with E-state index < -0.39 is 0 Å². The Morgan fingerprint density at radius 2 is 1.35 bits per heavy atom. The van der Waals surface area contributed by atoms with Gasteiger partial charge in [0, 0.05) is 5.92 Å². The summed E-state index contributed by atoms with van der Waals surface area (Å²) >= 11 is 0. The molecule has 0 aliphatic carbocycles. The van der Waals surface area contributed by atoms with Crippen molar-refractivity contribution in [2.75, 3.05) is 20.8 Å². The van der Waals surface area contributed by atoms with Crippen LogP contribution in [0.4, 0.5) is 0 Å². The van der Waals surface area contributed by atoms with Crippen molar-refractivity contribution in [1.29, 1.82) is 0 Å². The molecule has 0 amide bonds. The van der Waals surface area contributed by atoms with Crippen LogP contribution in [-0.4, -0.2) is 25.9 Å². The van der Waals surface area contributed by atoms with Crippen molar-refractivity contribution in [3.8, 4) is 11.5 Å². The lowest BCUT2D eigenvalue weighted by Gasteiger charge is -2.15. The first-order valence-corrected chi connectivity index (χ1v) is 6.64. The van der Waals surface area contributed by atoms with Gasteiger partial charge >= 0.3 is 0 Å². The fourth-order valence-electron chi connectivity index (χ4n) is 2.21. The Balaban J connectivity index is 2.10. The molecule has 2 aromatic carbocycles. The first-order chi connectivity index (χ1) is 9.76. The van der Waals surface area contributed by atoms with Crippen LogP contribution in [0.2, 0.25) is 0 Å². The summed E-state index contributed by atoms with van der Waals surface area (Å²) in [5, 5.41) is 9.61. The molecule has 1 N–H and O–H groups in total. The number of aliphatic hydroxyl groups excluding tert-OH is 1. The van der Waals surface area contributed by atoms with Gasteiger partial charge in [-0.25, -0.2) is 0 Å². The predicted molar refractivity (Wildman–Crippen MR) is 79.5 cm³/mol. The van der Waals surface area contributed by atoms with Gasteiger partial charge in [-0.15, -0.1) is 0 Å². The molecule has 0 saturated heterocycles. The summed E-state index contributed by atoms with van der Waals surface area (Å²) in [6, 6.07) is 15.8. The van der Waals surface area contributed by atoms with Crippen LogP contribution in [0.3, 0.4) is 0 Å². The Hall–Kier alpha value is -2.00. The molecular weight excluding hydrogens is 252 g/mol. The lowest BCUT2D eigenvalue weighted by Crippen LogP contribution is -2.07. The van der Waals surface area contributed by atoms with Crippen molar-refractivity contribution in [1.82, 2.24) is 0 Å². The summed E-state index contributed by atoms with van der Waals surface area (Å²) in [6.45, 7) is 0.123. The van der Waals surface area contributed by atoms with Gasteiger partial charge < -0.3 is 14.6 Å². The van der Waals surface area contributed by atoms with Gasteiger partial charge in [-0.2, -0.15) is 0 Å². The van der Waals surface area contributed by atoms with Gasteiger partial charge in [-0.1, -0.05) is 24.3 Å². The van der Waals surface area contributed by atoms with E-state index in [0.29, 0.717) is 0 Å². The van der Waals surface area contributed by atoms with Gasteiger partial charge in [-0.05, 0) is 41.8 Å². The molecular formula is C17H20O3. The second-order valence-electron chi connectivity index (χ2n) is 4.70. The van der Waals surface area contributed by atoms with Crippen molar-refractivity contribution in [2.45, 2.75) is 12.3 Å². The average Bonchev–Trinajstić information content (AvgIpc) is 2.53. The van der Waals surface area contributed by atoms with Gasteiger partial charge in [0.2, 0.25) is 0 Å². The molecule has 0 heterocycles. The molecule has 2 rings (SSSR count). The Morgan fingerprint density at radius 3 is 1.80 bits per heavy atom. The molecule has 0 spiro atoms. The van der Waals surface area contributed by atoms with Crippen LogP contribution in [0.5, 0.6) is 11.5 Å². The smallest absolute Gasteiger partial charge is 0.118 e. The predicted octanol–water partition coefficient (Wildman–Crippen LogP) is 3.02. The molecule has 3 nitrogen and oxygen atoms in total. The van der Waals surface area contributed by atoms with Crippen LogP contribution in [0, 0.1) is 0 Å². The van der Waals surface area contributed by atoms with E-state index >= 15 is 0 Å². The van der Waals surface area contributed by atoms with Crippen molar-refractivity contribution in [2.24, 2.45) is 0 Å². The third kappa shape index (κ3) is 3.52. The Labute approximate surface area is 119 Å². The van der Waals surface area contributed by atoms with Crippen molar-refractivity contribution < 1.29 is 14.6 Å². The van der Waals surface area contributed by atoms with Crippen LogP contribution in [-0.2, 0) is 6.42 Å². The van der Waals surface area contributed by atoms with E-state index in [9.17, 15) is 5.11 Å². The number of aliphatic hydroxyl groups is 1. The SMILES string of the molecule is COc1ccc(C[C@H](CO)c2ccc(OC)cc2)cc1. The van der Waals surface area contributed by atoms with Crippen LogP contribution in [0.1, 0.15) is 17.0 Å². The van der Waals surface area contributed by atoms with Gasteiger partial charge in [0.25, 0.3) is 0 Å². The number of rotatable bonds is 6. The first-order valence-electron chi connectivity index (χ1n) is 6.64. The fourth-order valence-corrected chi connectivity index (χ4v) is 2.21. The molecule has 0 aromatic heterocycles. The Kier molecular flexibility index (Phi) is 5.02. The van der Waals surface area contributed by atoms with E-state index in [-0.39, 0.29) is 12.5 Å². The quantitative estimate of drug-likeness (QED) is 0.878. The highest BCUT2D eigenvalue weighted by atomic mass is 16.5. The second-order valence-corrected chi connectivity index (χ2v) is 4.70. The molecule has 0 radical (unpaired) electrons. The third-order valence-corrected chi connectivity index (χ3v) is 3.45. The van der Waals surface area contributed by atoms with Crippen LogP contribution in [0.25, 0.3) is 0 Å². The van der Waals surface area contributed by atoms with Crippen LogP contribution in [0.15, 0.2) is 48.5 Å². The maximum absolute atomic E-state index is 9.61. The topological polar surface area (TPSA) is 38.7 Å². The maximum Gasteiger partial charge on any atom is 0.118 e.